The number of nitrogens with zero attached hydrogens (tertiary/aromatic N) is 4. The summed E-state index contributed by atoms with van der Waals surface area (Å²) in [4.78, 5) is 36.4. The highest BCUT2D eigenvalue weighted by Gasteiger charge is 2.30. The van der Waals surface area contributed by atoms with E-state index in [0.717, 1.165) is 29.8 Å². The van der Waals surface area contributed by atoms with Crippen LogP contribution in [0.15, 0.2) is 48.5 Å². The second-order valence-electron chi connectivity index (χ2n) is 10.4. The van der Waals surface area contributed by atoms with Crippen molar-refractivity contribution in [3.05, 3.63) is 76.6 Å². The summed E-state index contributed by atoms with van der Waals surface area (Å²) in [5.41, 5.74) is 5.06. The van der Waals surface area contributed by atoms with Crippen LogP contribution < -0.4 is 20.9 Å². The average Bonchev–Trinajstić information content (AvgIpc) is 2.97. The minimum atomic E-state index is -4.47. The second kappa shape index (κ2) is 15.4. The predicted octanol–water partition coefficient (Wildman–Crippen LogP) is 1.76. The standard InChI is InChI=1S/C25H26F3N5O3.C4H11NO3/c1-32(2)22-19(14-21(34)35)23(33(3)4)31-20(30-22)13-15-5-11-18(12-6-15)29-24(36)16-7-9-17(10-8-16)25(26,27)28;5-4(1-6,2-7)3-8/h5-12H,13-14H2,1-4H3,(H,29,36)(H,34,35);6-8H,1-3,5H2. The smallest absolute Gasteiger partial charge is 0.416 e. The Kier molecular flexibility index (Phi) is 12.6. The van der Waals surface area contributed by atoms with Crippen molar-refractivity contribution in [2.24, 2.45) is 5.73 Å². The first-order valence-electron chi connectivity index (χ1n) is 13.2. The lowest BCUT2D eigenvalue weighted by Gasteiger charge is -2.22. The number of aliphatic hydroxyl groups excluding tert-OH is 3. The summed E-state index contributed by atoms with van der Waals surface area (Å²) in [5.74, 6) is 0.0303. The number of hydrogen-bond donors (Lipinski definition) is 6. The maximum absolute atomic E-state index is 12.7. The molecule has 7 N–H and O–H groups in total. The molecule has 0 aliphatic heterocycles. The van der Waals surface area contributed by atoms with Gasteiger partial charge in [-0.25, -0.2) is 9.97 Å². The molecule has 3 aromatic rings. The minimum Gasteiger partial charge on any atom is -0.481 e. The molecule has 0 radical (unpaired) electrons. The monoisotopic (exact) mass is 622 g/mol. The van der Waals surface area contributed by atoms with Crippen LogP contribution in [-0.2, 0) is 23.8 Å². The molecule has 240 valence electrons. The van der Waals surface area contributed by atoms with Gasteiger partial charge in [0.15, 0.2) is 0 Å². The van der Waals surface area contributed by atoms with Crippen LogP contribution in [0.25, 0.3) is 0 Å². The van der Waals surface area contributed by atoms with E-state index in [1.807, 2.05) is 0 Å². The van der Waals surface area contributed by atoms with E-state index in [9.17, 15) is 27.9 Å². The van der Waals surface area contributed by atoms with Crippen LogP contribution in [0.4, 0.5) is 30.5 Å². The third-order valence-corrected chi connectivity index (χ3v) is 6.18. The first-order valence-corrected chi connectivity index (χ1v) is 13.2. The highest BCUT2D eigenvalue weighted by molar-refractivity contribution is 6.04. The van der Waals surface area contributed by atoms with E-state index in [0.29, 0.717) is 35.1 Å². The van der Waals surface area contributed by atoms with Crippen LogP contribution in [-0.4, -0.2) is 95.8 Å². The topological polar surface area (TPSA) is 185 Å². The van der Waals surface area contributed by atoms with Gasteiger partial charge >= 0.3 is 12.1 Å². The summed E-state index contributed by atoms with van der Waals surface area (Å²) in [6.07, 6.45) is -4.32. The zero-order valence-corrected chi connectivity index (χ0v) is 24.8. The number of carboxylic acids is 1. The van der Waals surface area contributed by atoms with Crippen molar-refractivity contribution in [1.82, 2.24) is 9.97 Å². The lowest BCUT2D eigenvalue weighted by molar-refractivity contribution is -0.138. The maximum atomic E-state index is 12.7. The molecule has 0 spiro atoms. The zero-order valence-electron chi connectivity index (χ0n) is 24.8. The van der Waals surface area contributed by atoms with Gasteiger partial charge in [0.1, 0.15) is 17.5 Å². The maximum Gasteiger partial charge on any atom is 0.416 e. The fourth-order valence-electron chi connectivity index (χ4n) is 3.69. The Bertz CT molecular complexity index is 1360. The van der Waals surface area contributed by atoms with Crippen molar-refractivity contribution in [1.29, 1.82) is 0 Å². The molecule has 12 nitrogen and oxygen atoms in total. The number of aliphatic carboxylic acids is 1. The average molecular weight is 623 g/mol. The number of alkyl halides is 3. The molecule has 0 atom stereocenters. The van der Waals surface area contributed by atoms with Crippen LogP contribution in [0.3, 0.4) is 0 Å². The van der Waals surface area contributed by atoms with E-state index >= 15 is 0 Å². The van der Waals surface area contributed by atoms with Crippen molar-refractivity contribution in [2.75, 3.05) is 63.1 Å². The molecule has 15 heteroatoms. The van der Waals surface area contributed by atoms with Gasteiger partial charge in [-0.15, -0.1) is 0 Å². The first kappa shape index (κ1) is 35.9. The number of rotatable bonds is 11. The summed E-state index contributed by atoms with van der Waals surface area (Å²) < 4.78 is 38.1. The van der Waals surface area contributed by atoms with Gasteiger partial charge in [0, 0.05) is 51.4 Å². The second-order valence-corrected chi connectivity index (χ2v) is 10.4. The van der Waals surface area contributed by atoms with Gasteiger partial charge < -0.3 is 41.3 Å². The molecular formula is C29H37F3N6O6. The molecule has 0 aliphatic rings. The number of nitrogens with one attached hydrogen (secondary N) is 1. The molecule has 1 aromatic heterocycles. The lowest BCUT2D eigenvalue weighted by Crippen LogP contribution is -2.50. The Balaban J connectivity index is 0.000000742. The number of aromatic nitrogens is 2. The van der Waals surface area contributed by atoms with Crippen molar-refractivity contribution in [3.8, 4) is 0 Å². The van der Waals surface area contributed by atoms with E-state index < -0.39 is 49.0 Å². The highest BCUT2D eigenvalue weighted by atomic mass is 19.4. The molecule has 2 aromatic carbocycles. The number of anilines is 3. The van der Waals surface area contributed by atoms with Crippen LogP contribution >= 0.6 is 0 Å². The largest absolute Gasteiger partial charge is 0.481 e. The third-order valence-electron chi connectivity index (χ3n) is 6.18. The summed E-state index contributed by atoms with van der Waals surface area (Å²) in [6, 6.07) is 10.9. The van der Waals surface area contributed by atoms with Crippen molar-refractivity contribution in [2.45, 2.75) is 24.6 Å². The quantitative estimate of drug-likeness (QED) is 0.183. The molecule has 1 heterocycles. The summed E-state index contributed by atoms with van der Waals surface area (Å²) >= 11 is 0. The molecule has 3 rings (SSSR count). The Morgan fingerprint density at radius 3 is 1.68 bits per heavy atom. The van der Waals surface area contributed by atoms with Crippen molar-refractivity contribution < 1.29 is 43.2 Å². The van der Waals surface area contributed by atoms with Crippen molar-refractivity contribution in [3.63, 3.8) is 0 Å². The van der Waals surface area contributed by atoms with E-state index in [2.05, 4.69) is 15.3 Å². The fourth-order valence-corrected chi connectivity index (χ4v) is 3.69. The summed E-state index contributed by atoms with van der Waals surface area (Å²) in [5, 5.41) is 37.0. The molecule has 0 fully saturated rings. The molecule has 0 saturated carbocycles. The predicted molar refractivity (Wildman–Crippen MR) is 159 cm³/mol. The SMILES string of the molecule is CN(C)c1nc(Cc2ccc(NC(=O)c3ccc(C(F)(F)F)cc3)cc2)nc(N(C)C)c1CC(=O)O.NC(CO)(CO)CO. The number of nitrogens with two attached hydrogens (primary N) is 1. The first-order chi connectivity index (χ1) is 20.5. The lowest BCUT2D eigenvalue weighted by atomic mass is 10.1. The normalized spacial score (nSPS) is 11.3. The molecular weight excluding hydrogens is 585 g/mol. The van der Waals surface area contributed by atoms with E-state index in [1.165, 1.54) is 0 Å². The number of carbonyl (C=O) groups excluding carboxylic acids is 1. The Morgan fingerprint density at radius 2 is 1.32 bits per heavy atom. The van der Waals surface area contributed by atoms with Gasteiger partial charge in [-0.3, -0.25) is 9.59 Å². The van der Waals surface area contributed by atoms with Gasteiger partial charge in [-0.2, -0.15) is 13.2 Å². The van der Waals surface area contributed by atoms with Gasteiger partial charge in [0.05, 0.1) is 37.3 Å². The molecule has 1 amide bonds. The van der Waals surface area contributed by atoms with E-state index in [-0.39, 0.29) is 12.0 Å². The van der Waals surface area contributed by atoms with Crippen LogP contribution in [0.5, 0.6) is 0 Å². The number of amides is 1. The van der Waals surface area contributed by atoms with Gasteiger partial charge in [0.25, 0.3) is 5.91 Å². The highest BCUT2D eigenvalue weighted by Crippen LogP contribution is 2.29. The van der Waals surface area contributed by atoms with Gasteiger partial charge in [-0.1, -0.05) is 12.1 Å². The van der Waals surface area contributed by atoms with Crippen LogP contribution in [0.1, 0.15) is 32.9 Å². The summed E-state index contributed by atoms with van der Waals surface area (Å²) in [7, 11) is 7.13. The Hall–Kier alpha value is -4.31. The number of aliphatic hydroxyl groups is 3. The minimum absolute atomic E-state index is 0.106. The Labute approximate surface area is 252 Å². The number of halogens is 3. The van der Waals surface area contributed by atoms with Crippen LogP contribution in [0, 0.1) is 0 Å². The molecule has 44 heavy (non-hydrogen) atoms. The van der Waals surface area contributed by atoms with Gasteiger partial charge in [-0.05, 0) is 42.0 Å². The summed E-state index contributed by atoms with van der Waals surface area (Å²) in [6.45, 7) is -1.21. The molecule has 0 saturated heterocycles. The number of carbonyl (C=O) groups is 2. The third kappa shape index (κ3) is 10.2. The number of carboxylic acid groups (broad SMARTS) is 1. The molecule has 0 bridgehead atoms. The molecule has 0 aliphatic carbocycles. The molecule has 0 unspecified atom stereocenters. The van der Waals surface area contributed by atoms with Crippen LogP contribution in [0.2, 0.25) is 0 Å². The van der Waals surface area contributed by atoms with Crippen molar-refractivity contribution >= 4 is 29.2 Å². The van der Waals surface area contributed by atoms with Gasteiger partial charge in [0.2, 0.25) is 0 Å². The zero-order chi connectivity index (χ0) is 33.2. The Morgan fingerprint density at radius 1 is 0.841 bits per heavy atom. The number of hydrogen-bond acceptors (Lipinski definition) is 10. The number of benzene rings is 2. The fraction of sp³-hybridized carbons (Fsp3) is 0.379. The van der Waals surface area contributed by atoms with E-state index in [1.54, 1.807) is 62.3 Å². The van der Waals surface area contributed by atoms with E-state index in [4.69, 9.17) is 21.1 Å².